The van der Waals surface area contributed by atoms with Crippen LogP contribution < -0.4 is 0 Å². The van der Waals surface area contributed by atoms with Crippen LogP contribution in [0.5, 0.6) is 0 Å². The van der Waals surface area contributed by atoms with E-state index in [0.29, 0.717) is 6.61 Å². The second-order valence-corrected chi connectivity index (χ2v) is 4.23. The SMILES string of the molecule is COCC(O)c1cc(C)c(Br)c(C)c1. The van der Waals surface area contributed by atoms with Gasteiger partial charge in [0.25, 0.3) is 0 Å². The summed E-state index contributed by atoms with van der Waals surface area (Å²) < 4.78 is 6.01. The number of ether oxygens (including phenoxy) is 1. The van der Waals surface area contributed by atoms with Crippen LogP contribution in [0.2, 0.25) is 0 Å². The van der Waals surface area contributed by atoms with Gasteiger partial charge in [0.1, 0.15) is 6.10 Å². The molecule has 14 heavy (non-hydrogen) atoms. The summed E-state index contributed by atoms with van der Waals surface area (Å²) >= 11 is 3.49. The second-order valence-electron chi connectivity index (χ2n) is 3.44. The van der Waals surface area contributed by atoms with Crippen LogP contribution in [0.15, 0.2) is 16.6 Å². The summed E-state index contributed by atoms with van der Waals surface area (Å²) in [6.45, 7) is 4.36. The van der Waals surface area contributed by atoms with Gasteiger partial charge in [-0.05, 0) is 30.5 Å². The third-order valence-corrected chi connectivity index (χ3v) is 3.42. The van der Waals surface area contributed by atoms with E-state index in [0.717, 1.165) is 21.2 Å². The van der Waals surface area contributed by atoms with Crippen molar-refractivity contribution in [2.24, 2.45) is 0 Å². The van der Waals surface area contributed by atoms with E-state index in [1.807, 2.05) is 26.0 Å². The van der Waals surface area contributed by atoms with E-state index in [-0.39, 0.29) is 0 Å². The van der Waals surface area contributed by atoms with Gasteiger partial charge >= 0.3 is 0 Å². The van der Waals surface area contributed by atoms with E-state index in [1.54, 1.807) is 7.11 Å². The first-order valence-corrected chi connectivity index (χ1v) is 5.29. The molecule has 0 fully saturated rings. The normalized spacial score (nSPS) is 12.9. The van der Waals surface area contributed by atoms with Crippen molar-refractivity contribution in [3.63, 3.8) is 0 Å². The fourth-order valence-electron chi connectivity index (χ4n) is 1.43. The van der Waals surface area contributed by atoms with Gasteiger partial charge in [0.05, 0.1) is 6.61 Å². The van der Waals surface area contributed by atoms with Crippen molar-refractivity contribution in [1.82, 2.24) is 0 Å². The lowest BCUT2D eigenvalue weighted by molar-refractivity contribution is 0.0643. The van der Waals surface area contributed by atoms with Gasteiger partial charge in [-0.15, -0.1) is 0 Å². The minimum absolute atomic E-state index is 0.334. The highest BCUT2D eigenvalue weighted by molar-refractivity contribution is 9.10. The smallest absolute Gasteiger partial charge is 0.102 e. The van der Waals surface area contributed by atoms with Crippen molar-refractivity contribution >= 4 is 15.9 Å². The molecule has 1 rings (SSSR count). The van der Waals surface area contributed by atoms with Crippen LogP contribution in [0.25, 0.3) is 0 Å². The van der Waals surface area contributed by atoms with Gasteiger partial charge in [-0.3, -0.25) is 0 Å². The van der Waals surface area contributed by atoms with E-state index in [1.165, 1.54) is 0 Å². The first kappa shape index (κ1) is 11.7. The molecule has 0 aliphatic heterocycles. The predicted molar refractivity (Wildman–Crippen MR) is 60.5 cm³/mol. The van der Waals surface area contributed by atoms with Gasteiger partial charge in [-0.2, -0.15) is 0 Å². The molecular formula is C11H15BrO2. The highest BCUT2D eigenvalue weighted by Crippen LogP contribution is 2.25. The average Bonchev–Trinajstić information content (AvgIpc) is 2.13. The molecule has 0 saturated carbocycles. The molecule has 0 bridgehead atoms. The predicted octanol–water partition coefficient (Wildman–Crippen LogP) is 2.75. The zero-order valence-corrected chi connectivity index (χ0v) is 10.3. The maximum atomic E-state index is 9.72. The summed E-state index contributed by atoms with van der Waals surface area (Å²) in [7, 11) is 1.59. The standard InChI is InChI=1S/C11H15BrO2/c1-7-4-9(10(13)6-14-3)5-8(2)11(7)12/h4-5,10,13H,6H2,1-3H3. The van der Waals surface area contributed by atoms with Gasteiger partial charge in [0, 0.05) is 11.6 Å². The zero-order chi connectivity index (χ0) is 10.7. The van der Waals surface area contributed by atoms with Crippen molar-refractivity contribution in [3.05, 3.63) is 33.3 Å². The van der Waals surface area contributed by atoms with E-state index >= 15 is 0 Å². The van der Waals surface area contributed by atoms with Crippen LogP contribution in [-0.2, 0) is 4.74 Å². The Morgan fingerprint density at radius 2 is 1.86 bits per heavy atom. The number of aliphatic hydroxyl groups excluding tert-OH is 1. The first-order chi connectivity index (χ1) is 6.56. The summed E-state index contributed by atoms with van der Waals surface area (Å²) in [5, 5.41) is 9.72. The Kier molecular flexibility index (Phi) is 4.11. The van der Waals surface area contributed by atoms with Crippen molar-refractivity contribution in [2.75, 3.05) is 13.7 Å². The molecule has 1 aromatic rings. The number of aliphatic hydroxyl groups is 1. The number of rotatable bonds is 3. The molecule has 0 spiro atoms. The molecule has 1 N–H and O–H groups in total. The Labute approximate surface area is 93.0 Å². The zero-order valence-electron chi connectivity index (χ0n) is 8.67. The maximum absolute atomic E-state index is 9.72. The molecule has 2 nitrogen and oxygen atoms in total. The Bertz CT molecular complexity index is 300. The number of halogens is 1. The van der Waals surface area contributed by atoms with Gasteiger partial charge in [0.15, 0.2) is 0 Å². The third-order valence-electron chi connectivity index (χ3n) is 2.17. The number of aryl methyl sites for hydroxylation is 2. The largest absolute Gasteiger partial charge is 0.386 e. The monoisotopic (exact) mass is 258 g/mol. The van der Waals surface area contributed by atoms with Gasteiger partial charge in [-0.25, -0.2) is 0 Å². The molecular weight excluding hydrogens is 244 g/mol. The van der Waals surface area contributed by atoms with Crippen molar-refractivity contribution in [1.29, 1.82) is 0 Å². The van der Waals surface area contributed by atoms with Crippen LogP contribution in [0.4, 0.5) is 0 Å². The Morgan fingerprint density at radius 1 is 1.36 bits per heavy atom. The van der Waals surface area contributed by atoms with E-state index < -0.39 is 6.10 Å². The Balaban J connectivity index is 3.00. The summed E-state index contributed by atoms with van der Waals surface area (Å²) in [5.74, 6) is 0. The fourth-order valence-corrected chi connectivity index (χ4v) is 1.65. The lowest BCUT2D eigenvalue weighted by atomic mass is 10.0. The number of hydrogen-bond donors (Lipinski definition) is 1. The lowest BCUT2D eigenvalue weighted by Crippen LogP contribution is -2.05. The summed E-state index contributed by atoms with van der Waals surface area (Å²) in [5.41, 5.74) is 3.18. The van der Waals surface area contributed by atoms with Crippen LogP contribution in [-0.4, -0.2) is 18.8 Å². The first-order valence-electron chi connectivity index (χ1n) is 4.50. The van der Waals surface area contributed by atoms with Crippen molar-refractivity contribution < 1.29 is 9.84 Å². The van der Waals surface area contributed by atoms with Crippen molar-refractivity contribution in [3.8, 4) is 0 Å². The average molecular weight is 259 g/mol. The van der Waals surface area contributed by atoms with Crippen LogP contribution in [0, 0.1) is 13.8 Å². The van der Waals surface area contributed by atoms with Crippen LogP contribution >= 0.6 is 15.9 Å². The number of methoxy groups -OCH3 is 1. The highest BCUT2D eigenvalue weighted by atomic mass is 79.9. The minimum Gasteiger partial charge on any atom is -0.386 e. The third kappa shape index (κ3) is 2.56. The van der Waals surface area contributed by atoms with E-state index in [2.05, 4.69) is 15.9 Å². The summed E-state index contributed by atoms with van der Waals surface area (Å²) in [4.78, 5) is 0. The molecule has 1 atom stereocenters. The fraction of sp³-hybridized carbons (Fsp3) is 0.455. The maximum Gasteiger partial charge on any atom is 0.102 e. The number of benzene rings is 1. The van der Waals surface area contributed by atoms with Crippen molar-refractivity contribution in [2.45, 2.75) is 20.0 Å². The quantitative estimate of drug-likeness (QED) is 0.904. The molecule has 0 aliphatic rings. The van der Waals surface area contributed by atoms with Gasteiger partial charge in [-0.1, -0.05) is 28.1 Å². The van der Waals surface area contributed by atoms with Crippen LogP contribution in [0.1, 0.15) is 22.8 Å². The van der Waals surface area contributed by atoms with Gasteiger partial charge < -0.3 is 9.84 Å². The van der Waals surface area contributed by atoms with E-state index in [4.69, 9.17) is 4.74 Å². The lowest BCUT2D eigenvalue weighted by Gasteiger charge is -2.13. The molecule has 0 heterocycles. The number of hydrogen-bond acceptors (Lipinski definition) is 2. The topological polar surface area (TPSA) is 29.5 Å². The molecule has 1 unspecified atom stereocenters. The summed E-state index contributed by atoms with van der Waals surface area (Å²) in [6, 6.07) is 3.95. The molecule has 0 aliphatic carbocycles. The molecule has 1 aromatic carbocycles. The minimum atomic E-state index is -0.537. The molecule has 0 aromatic heterocycles. The van der Waals surface area contributed by atoms with E-state index in [9.17, 15) is 5.11 Å². The van der Waals surface area contributed by atoms with Gasteiger partial charge in [0.2, 0.25) is 0 Å². The highest BCUT2D eigenvalue weighted by Gasteiger charge is 2.09. The molecule has 3 heteroatoms. The molecule has 0 amide bonds. The summed E-state index contributed by atoms with van der Waals surface area (Å²) in [6.07, 6.45) is -0.537. The molecule has 78 valence electrons. The van der Waals surface area contributed by atoms with Crippen LogP contribution in [0.3, 0.4) is 0 Å². The second kappa shape index (κ2) is 4.91. The Morgan fingerprint density at radius 3 is 2.29 bits per heavy atom. The Hall–Kier alpha value is -0.380. The molecule has 0 radical (unpaired) electrons. The molecule has 0 saturated heterocycles.